The Morgan fingerprint density at radius 1 is 1.24 bits per heavy atom. The Labute approximate surface area is 128 Å². The Hall–Kier alpha value is -1.58. The molecule has 0 saturated carbocycles. The van der Waals surface area contributed by atoms with Gasteiger partial charge in [0.1, 0.15) is 0 Å². The first-order chi connectivity index (χ1) is 10.0. The van der Waals surface area contributed by atoms with Crippen molar-refractivity contribution in [3.63, 3.8) is 0 Å². The van der Waals surface area contributed by atoms with Gasteiger partial charge in [-0.1, -0.05) is 33.6 Å². The monoisotopic (exact) mass is 288 g/mol. The number of rotatable bonds is 7. The van der Waals surface area contributed by atoms with Gasteiger partial charge in [0.25, 0.3) is 0 Å². The van der Waals surface area contributed by atoms with Crippen LogP contribution in [0.1, 0.15) is 58.2 Å². The maximum atomic E-state index is 4.66. The lowest BCUT2D eigenvalue weighted by Gasteiger charge is -2.16. The van der Waals surface area contributed by atoms with E-state index >= 15 is 0 Å². The van der Waals surface area contributed by atoms with Crippen LogP contribution >= 0.6 is 0 Å². The molecule has 116 valence electrons. The SMILES string of the molecule is CCC(C=NC(C)C(CC)CC)=Nc1ncc(C)c(C)n1. The Balaban J connectivity index is 2.86. The Morgan fingerprint density at radius 3 is 2.43 bits per heavy atom. The lowest BCUT2D eigenvalue weighted by molar-refractivity contribution is 0.420. The zero-order valence-corrected chi connectivity index (χ0v) is 14.2. The highest BCUT2D eigenvalue weighted by atomic mass is 15.0. The summed E-state index contributed by atoms with van der Waals surface area (Å²) in [6, 6.07) is 0.331. The quantitative estimate of drug-likeness (QED) is 0.695. The molecule has 1 atom stereocenters. The molecule has 4 nitrogen and oxygen atoms in total. The molecule has 1 aromatic heterocycles. The molecule has 1 unspecified atom stereocenters. The normalized spacial score (nSPS) is 14.1. The first kappa shape index (κ1) is 17.5. The Kier molecular flexibility index (Phi) is 7.20. The third-order valence-corrected chi connectivity index (χ3v) is 4.01. The second-order valence-electron chi connectivity index (χ2n) is 5.49. The van der Waals surface area contributed by atoms with Crippen molar-refractivity contribution >= 4 is 17.9 Å². The molecular weight excluding hydrogens is 260 g/mol. The first-order valence-electron chi connectivity index (χ1n) is 7.92. The average molecular weight is 288 g/mol. The van der Waals surface area contributed by atoms with Crippen molar-refractivity contribution in [2.45, 2.75) is 66.8 Å². The van der Waals surface area contributed by atoms with Crippen LogP contribution in [0.15, 0.2) is 16.2 Å². The van der Waals surface area contributed by atoms with E-state index in [4.69, 9.17) is 0 Å². The zero-order valence-electron chi connectivity index (χ0n) is 14.2. The van der Waals surface area contributed by atoms with Crippen molar-refractivity contribution in [2.75, 3.05) is 0 Å². The van der Waals surface area contributed by atoms with Gasteiger partial charge in [0.2, 0.25) is 5.95 Å². The average Bonchev–Trinajstić information content (AvgIpc) is 2.48. The molecule has 0 radical (unpaired) electrons. The number of aryl methyl sites for hydroxylation is 2. The minimum atomic E-state index is 0.331. The van der Waals surface area contributed by atoms with E-state index in [1.807, 2.05) is 26.3 Å². The fourth-order valence-corrected chi connectivity index (χ4v) is 2.19. The van der Waals surface area contributed by atoms with Gasteiger partial charge in [0.05, 0.1) is 5.71 Å². The van der Waals surface area contributed by atoms with Gasteiger partial charge in [-0.15, -0.1) is 0 Å². The van der Waals surface area contributed by atoms with Crippen molar-refractivity contribution in [1.82, 2.24) is 9.97 Å². The number of nitrogens with zero attached hydrogens (tertiary/aromatic N) is 4. The Bertz CT molecular complexity index is 502. The molecule has 1 rings (SSSR count). The molecule has 21 heavy (non-hydrogen) atoms. The van der Waals surface area contributed by atoms with Crippen LogP contribution in [0.4, 0.5) is 5.95 Å². The summed E-state index contributed by atoms with van der Waals surface area (Å²) in [5, 5.41) is 0. The highest BCUT2D eigenvalue weighted by Gasteiger charge is 2.11. The molecular formula is C17H28N4. The van der Waals surface area contributed by atoms with Crippen molar-refractivity contribution in [3.05, 3.63) is 17.5 Å². The second-order valence-corrected chi connectivity index (χ2v) is 5.49. The van der Waals surface area contributed by atoms with E-state index in [-0.39, 0.29) is 0 Å². The number of hydrogen-bond acceptors (Lipinski definition) is 4. The highest BCUT2D eigenvalue weighted by molar-refractivity contribution is 6.31. The van der Waals surface area contributed by atoms with Crippen LogP contribution in [0.5, 0.6) is 0 Å². The van der Waals surface area contributed by atoms with E-state index in [9.17, 15) is 0 Å². The second kappa shape index (κ2) is 8.65. The molecule has 4 heteroatoms. The van der Waals surface area contributed by atoms with Gasteiger partial charge in [-0.05, 0) is 38.7 Å². The van der Waals surface area contributed by atoms with Gasteiger partial charge in [-0.3, -0.25) is 4.99 Å². The number of aromatic nitrogens is 2. The summed E-state index contributed by atoms with van der Waals surface area (Å²) >= 11 is 0. The molecule has 0 N–H and O–H groups in total. The van der Waals surface area contributed by atoms with Gasteiger partial charge >= 0.3 is 0 Å². The van der Waals surface area contributed by atoms with E-state index < -0.39 is 0 Å². The van der Waals surface area contributed by atoms with Crippen LogP contribution in [-0.2, 0) is 0 Å². The lowest BCUT2D eigenvalue weighted by Crippen LogP contribution is -2.14. The fraction of sp³-hybridized carbons (Fsp3) is 0.647. The molecule has 0 spiro atoms. The van der Waals surface area contributed by atoms with Crippen LogP contribution in [0.3, 0.4) is 0 Å². The molecule has 0 fully saturated rings. The molecule has 0 aliphatic carbocycles. The molecule has 1 aromatic rings. The van der Waals surface area contributed by atoms with Gasteiger partial charge < -0.3 is 0 Å². The smallest absolute Gasteiger partial charge is 0.249 e. The van der Waals surface area contributed by atoms with Crippen LogP contribution in [0.25, 0.3) is 0 Å². The van der Waals surface area contributed by atoms with Crippen LogP contribution in [0, 0.1) is 19.8 Å². The van der Waals surface area contributed by atoms with Gasteiger partial charge in [-0.25, -0.2) is 15.0 Å². The predicted molar refractivity (Wildman–Crippen MR) is 90.9 cm³/mol. The third-order valence-electron chi connectivity index (χ3n) is 4.01. The van der Waals surface area contributed by atoms with E-state index in [0.29, 0.717) is 17.9 Å². The maximum Gasteiger partial charge on any atom is 0.249 e. The molecule has 0 aliphatic heterocycles. The summed E-state index contributed by atoms with van der Waals surface area (Å²) in [5.41, 5.74) is 2.99. The van der Waals surface area contributed by atoms with Crippen LogP contribution in [0.2, 0.25) is 0 Å². The van der Waals surface area contributed by atoms with E-state index in [1.165, 1.54) is 0 Å². The van der Waals surface area contributed by atoms with Crippen LogP contribution < -0.4 is 0 Å². The standard InChI is InChI=1S/C17H28N4/c1-7-15(8-2)14(6)18-11-16(9-3)21-17-19-10-12(4)13(5)20-17/h10-11,14-15H,7-9H2,1-6H3. The van der Waals surface area contributed by atoms with Gasteiger partial charge in [0.15, 0.2) is 0 Å². The number of aliphatic imine (C=N–C) groups is 2. The van der Waals surface area contributed by atoms with Crippen molar-refractivity contribution in [2.24, 2.45) is 15.9 Å². The van der Waals surface area contributed by atoms with Gasteiger partial charge in [-0.2, -0.15) is 0 Å². The summed E-state index contributed by atoms with van der Waals surface area (Å²) in [4.78, 5) is 17.8. The summed E-state index contributed by atoms with van der Waals surface area (Å²) in [6.45, 7) is 12.7. The summed E-state index contributed by atoms with van der Waals surface area (Å²) in [6.07, 6.45) is 6.86. The van der Waals surface area contributed by atoms with E-state index in [1.54, 1.807) is 0 Å². The molecule has 0 aromatic carbocycles. The largest absolute Gasteiger partial charge is 0.288 e. The minimum Gasteiger partial charge on any atom is -0.288 e. The molecule has 1 heterocycles. The minimum absolute atomic E-state index is 0.331. The number of hydrogen-bond donors (Lipinski definition) is 0. The predicted octanol–water partition coefficient (Wildman–Crippen LogP) is 4.47. The van der Waals surface area contributed by atoms with Gasteiger partial charge in [0, 0.05) is 24.1 Å². The lowest BCUT2D eigenvalue weighted by atomic mass is 9.96. The molecule has 0 aliphatic rings. The summed E-state index contributed by atoms with van der Waals surface area (Å²) in [5.74, 6) is 1.16. The Morgan fingerprint density at radius 2 is 1.90 bits per heavy atom. The molecule has 0 bridgehead atoms. The van der Waals surface area contributed by atoms with E-state index in [0.717, 1.165) is 36.2 Å². The van der Waals surface area contributed by atoms with Crippen LogP contribution in [-0.4, -0.2) is 27.9 Å². The summed E-state index contributed by atoms with van der Waals surface area (Å²) < 4.78 is 0. The molecule has 0 saturated heterocycles. The summed E-state index contributed by atoms with van der Waals surface area (Å²) in [7, 11) is 0. The van der Waals surface area contributed by atoms with Crippen molar-refractivity contribution in [1.29, 1.82) is 0 Å². The highest BCUT2D eigenvalue weighted by Crippen LogP contribution is 2.15. The first-order valence-corrected chi connectivity index (χ1v) is 7.92. The third kappa shape index (κ3) is 5.37. The van der Waals surface area contributed by atoms with Crippen molar-refractivity contribution < 1.29 is 0 Å². The van der Waals surface area contributed by atoms with Crippen molar-refractivity contribution in [3.8, 4) is 0 Å². The van der Waals surface area contributed by atoms with E-state index in [2.05, 4.69) is 47.6 Å². The topological polar surface area (TPSA) is 50.5 Å². The molecule has 0 amide bonds. The zero-order chi connectivity index (χ0) is 15.8. The fourth-order valence-electron chi connectivity index (χ4n) is 2.19. The maximum absolute atomic E-state index is 4.66.